The molecule has 1 saturated heterocycles. The van der Waals surface area contributed by atoms with Gasteiger partial charge in [-0.25, -0.2) is 9.78 Å². The summed E-state index contributed by atoms with van der Waals surface area (Å²) in [6.07, 6.45) is 1.43. The van der Waals surface area contributed by atoms with E-state index in [-0.39, 0.29) is 24.4 Å². The number of amides is 2. The third kappa shape index (κ3) is 5.31. The summed E-state index contributed by atoms with van der Waals surface area (Å²) in [4.78, 5) is 33.4. The van der Waals surface area contributed by atoms with Crippen LogP contribution in [-0.4, -0.2) is 60.8 Å². The summed E-state index contributed by atoms with van der Waals surface area (Å²) in [5, 5.41) is 3.65. The monoisotopic (exact) mass is 466 g/mol. The second-order valence-electron chi connectivity index (χ2n) is 9.15. The number of para-hydroxylation sites is 1. The lowest BCUT2D eigenvalue weighted by molar-refractivity contribution is 0.0240. The average molecular weight is 467 g/mol. The number of nitrogens with one attached hydrogen (secondary N) is 1. The van der Waals surface area contributed by atoms with Crippen molar-refractivity contribution in [2.45, 2.75) is 33.0 Å². The standard InChI is InChI=1S/C25H30N4O5/c1-25(2,3)34-24(31)29-13-11-28(12-14-29)17-9-10-21(26-15-17)27-23(30)22-19(16-32-4)18-7-5-6-8-20(18)33-22/h5-10,15H,11-14,16H2,1-4H3,(H,26,27,30). The third-order valence-corrected chi connectivity index (χ3v) is 5.48. The first-order chi connectivity index (χ1) is 16.2. The summed E-state index contributed by atoms with van der Waals surface area (Å²) >= 11 is 0. The van der Waals surface area contributed by atoms with Crippen molar-refractivity contribution in [1.82, 2.24) is 9.88 Å². The molecule has 1 aromatic carbocycles. The van der Waals surface area contributed by atoms with Crippen molar-refractivity contribution in [2.24, 2.45) is 0 Å². The molecule has 9 heteroatoms. The van der Waals surface area contributed by atoms with Crippen molar-refractivity contribution in [3.05, 3.63) is 53.9 Å². The number of benzene rings is 1. The maximum atomic E-state index is 12.9. The van der Waals surface area contributed by atoms with E-state index in [1.807, 2.05) is 51.1 Å². The van der Waals surface area contributed by atoms with Gasteiger partial charge in [0.25, 0.3) is 5.91 Å². The molecule has 2 aromatic heterocycles. The molecule has 1 N–H and O–H groups in total. The van der Waals surface area contributed by atoms with Crippen LogP contribution in [0.25, 0.3) is 11.0 Å². The van der Waals surface area contributed by atoms with Gasteiger partial charge in [-0.2, -0.15) is 0 Å². The van der Waals surface area contributed by atoms with E-state index in [0.717, 1.165) is 11.1 Å². The largest absolute Gasteiger partial charge is 0.451 e. The van der Waals surface area contributed by atoms with Gasteiger partial charge < -0.3 is 29.0 Å². The molecule has 0 saturated carbocycles. The highest BCUT2D eigenvalue weighted by Gasteiger charge is 2.26. The van der Waals surface area contributed by atoms with Crippen LogP contribution in [0.3, 0.4) is 0 Å². The molecule has 9 nitrogen and oxygen atoms in total. The molecule has 0 aliphatic carbocycles. The normalized spacial score (nSPS) is 14.4. The topological polar surface area (TPSA) is 97.1 Å². The number of piperazine rings is 1. The highest BCUT2D eigenvalue weighted by atomic mass is 16.6. The number of carbonyl (C=O) groups is 2. The van der Waals surface area contributed by atoms with Crippen LogP contribution in [0, 0.1) is 0 Å². The summed E-state index contributed by atoms with van der Waals surface area (Å²) in [6, 6.07) is 11.1. The molecule has 3 heterocycles. The zero-order valence-corrected chi connectivity index (χ0v) is 20.0. The molecule has 1 aliphatic rings. The Kier molecular flexibility index (Phi) is 6.74. The van der Waals surface area contributed by atoms with Crippen molar-refractivity contribution in [1.29, 1.82) is 0 Å². The number of carbonyl (C=O) groups excluding carboxylic acids is 2. The van der Waals surface area contributed by atoms with Gasteiger partial charge in [0, 0.05) is 44.2 Å². The molecule has 180 valence electrons. The number of rotatable bonds is 5. The molecule has 1 fully saturated rings. The van der Waals surface area contributed by atoms with Crippen molar-refractivity contribution in [2.75, 3.05) is 43.5 Å². The molecule has 3 aromatic rings. The fourth-order valence-electron chi connectivity index (χ4n) is 3.86. The minimum absolute atomic E-state index is 0.215. The molecule has 34 heavy (non-hydrogen) atoms. The first kappa shape index (κ1) is 23.6. The van der Waals surface area contributed by atoms with Crippen LogP contribution in [-0.2, 0) is 16.1 Å². The van der Waals surface area contributed by atoms with Crippen molar-refractivity contribution in [3.8, 4) is 0 Å². The smallest absolute Gasteiger partial charge is 0.410 e. The zero-order valence-electron chi connectivity index (χ0n) is 20.0. The quantitative estimate of drug-likeness (QED) is 0.599. The molecule has 0 unspecified atom stereocenters. The highest BCUT2D eigenvalue weighted by molar-refractivity contribution is 6.06. The van der Waals surface area contributed by atoms with E-state index < -0.39 is 5.60 Å². The first-order valence-electron chi connectivity index (χ1n) is 11.2. The van der Waals surface area contributed by atoms with Crippen LogP contribution >= 0.6 is 0 Å². The highest BCUT2D eigenvalue weighted by Crippen LogP contribution is 2.27. The van der Waals surface area contributed by atoms with Crippen LogP contribution in [0.4, 0.5) is 16.3 Å². The molecule has 0 spiro atoms. The number of ether oxygens (including phenoxy) is 2. The summed E-state index contributed by atoms with van der Waals surface area (Å²) < 4.78 is 16.5. The Labute approximate surface area is 198 Å². The fraction of sp³-hybridized carbons (Fsp3) is 0.400. The summed E-state index contributed by atoms with van der Waals surface area (Å²) in [6.45, 7) is 8.34. The van der Waals surface area contributed by atoms with E-state index in [1.54, 1.807) is 24.3 Å². The molecule has 0 bridgehead atoms. The van der Waals surface area contributed by atoms with Gasteiger partial charge >= 0.3 is 6.09 Å². The van der Waals surface area contributed by atoms with Crippen LogP contribution in [0.2, 0.25) is 0 Å². The van der Waals surface area contributed by atoms with E-state index in [2.05, 4.69) is 15.2 Å². The Hall–Kier alpha value is -3.59. The Bertz CT molecular complexity index is 1160. The van der Waals surface area contributed by atoms with E-state index >= 15 is 0 Å². The van der Waals surface area contributed by atoms with Crippen LogP contribution < -0.4 is 10.2 Å². The van der Waals surface area contributed by atoms with Crippen LogP contribution in [0.15, 0.2) is 47.0 Å². The SMILES string of the molecule is COCc1c(C(=O)Nc2ccc(N3CCN(C(=O)OC(C)(C)C)CC3)cn2)oc2ccccc12. The Morgan fingerprint density at radius 2 is 1.82 bits per heavy atom. The second kappa shape index (κ2) is 9.72. The van der Waals surface area contributed by atoms with Gasteiger partial charge in [0.2, 0.25) is 0 Å². The molecule has 0 atom stereocenters. The summed E-state index contributed by atoms with van der Waals surface area (Å²) in [7, 11) is 1.58. The maximum absolute atomic E-state index is 12.9. The lowest BCUT2D eigenvalue weighted by atomic mass is 10.1. The van der Waals surface area contributed by atoms with Crippen molar-refractivity contribution < 1.29 is 23.5 Å². The van der Waals surface area contributed by atoms with E-state index in [9.17, 15) is 9.59 Å². The summed E-state index contributed by atoms with van der Waals surface area (Å²) in [5.41, 5.74) is 1.75. The van der Waals surface area contributed by atoms with Gasteiger partial charge in [-0.15, -0.1) is 0 Å². The number of pyridine rings is 1. The van der Waals surface area contributed by atoms with E-state index in [0.29, 0.717) is 43.1 Å². The molecular formula is C25H30N4O5. The average Bonchev–Trinajstić information content (AvgIpc) is 3.18. The number of anilines is 2. The lowest BCUT2D eigenvalue weighted by Gasteiger charge is -2.36. The van der Waals surface area contributed by atoms with Gasteiger partial charge in [0.15, 0.2) is 5.76 Å². The van der Waals surface area contributed by atoms with Gasteiger partial charge in [-0.1, -0.05) is 18.2 Å². The van der Waals surface area contributed by atoms with Gasteiger partial charge in [-0.05, 0) is 39.0 Å². The number of methoxy groups -OCH3 is 1. The van der Waals surface area contributed by atoms with Crippen LogP contribution in [0.5, 0.6) is 0 Å². The predicted molar refractivity (Wildman–Crippen MR) is 129 cm³/mol. The fourth-order valence-corrected chi connectivity index (χ4v) is 3.86. The van der Waals surface area contributed by atoms with Gasteiger partial charge in [0.05, 0.1) is 18.5 Å². The van der Waals surface area contributed by atoms with E-state index in [1.165, 1.54) is 0 Å². The van der Waals surface area contributed by atoms with Gasteiger partial charge in [-0.3, -0.25) is 4.79 Å². The predicted octanol–water partition coefficient (Wildman–Crippen LogP) is 4.28. The number of hydrogen-bond donors (Lipinski definition) is 1. The maximum Gasteiger partial charge on any atom is 0.410 e. The summed E-state index contributed by atoms with van der Waals surface area (Å²) in [5.74, 6) is 0.256. The Morgan fingerprint density at radius 3 is 2.47 bits per heavy atom. The lowest BCUT2D eigenvalue weighted by Crippen LogP contribution is -2.50. The molecular weight excluding hydrogens is 436 g/mol. The second-order valence-corrected chi connectivity index (χ2v) is 9.15. The molecule has 2 amide bonds. The van der Waals surface area contributed by atoms with Gasteiger partial charge in [0.1, 0.15) is 17.0 Å². The molecule has 4 rings (SSSR count). The first-order valence-corrected chi connectivity index (χ1v) is 11.2. The number of fused-ring (bicyclic) bond motifs is 1. The minimum atomic E-state index is -0.509. The molecule has 0 radical (unpaired) electrons. The Balaban J connectivity index is 1.38. The van der Waals surface area contributed by atoms with E-state index in [4.69, 9.17) is 13.9 Å². The number of hydrogen-bond acceptors (Lipinski definition) is 7. The number of furan rings is 1. The van der Waals surface area contributed by atoms with Crippen molar-refractivity contribution in [3.63, 3.8) is 0 Å². The Morgan fingerprint density at radius 1 is 1.09 bits per heavy atom. The zero-order chi connectivity index (χ0) is 24.3. The number of nitrogens with zero attached hydrogens (tertiary/aromatic N) is 3. The minimum Gasteiger partial charge on any atom is -0.451 e. The molecule has 1 aliphatic heterocycles. The van der Waals surface area contributed by atoms with Crippen molar-refractivity contribution >= 4 is 34.5 Å². The third-order valence-electron chi connectivity index (χ3n) is 5.48. The van der Waals surface area contributed by atoms with Crippen LogP contribution in [0.1, 0.15) is 36.9 Å². The number of aromatic nitrogens is 1.